The number of carbonyl (C=O) groups excluding carboxylic acids is 1. The maximum atomic E-state index is 13.8. The van der Waals surface area contributed by atoms with Crippen molar-refractivity contribution in [2.45, 2.75) is 38.1 Å². The van der Waals surface area contributed by atoms with Crippen LogP contribution in [0.5, 0.6) is 0 Å². The van der Waals surface area contributed by atoms with Crippen LogP contribution in [0.1, 0.15) is 42.5 Å². The Morgan fingerprint density at radius 1 is 1.19 bits per heavy atom. The summed E-state index contributed by atoms with van der Waals surface area (Å²) in [6.07, 6.45) is 4.31. The minimum atomic E-state index is -1.61. The van der Waals surface area contributed by atoms with Crippen LogP contribution in [0.3, 0.4) is 0 Å². The smallest absolute Gasteiger partial charge is 0.257 e. The van der Waals surface area contributed by atoms with Crippen LogP contribution in [0.4, 0.5) is 13.2 Å². The van der Waals surface area contributed by atoms with E-state index in [0.29, 0.717) is 19.5 Å². The van der Waals surface area contributed by atoms with E-state index in [1.807, 2.05) is 0 Å². The molecule has 1 fully saturated rings. The number of benzene rings is 1. The number of nitrogens with two attached hydrogens (primary N) is 1. The Hall–Kier alpha value is -1.56. The Balaban J connectivity index is 2.26. The van der Waals surface area contributed by atoms with Crippen molar-refractivity contribution in [1.82, 2.24) is 4.90 Å². The predicted molar refractivity (Wildman–Crippen MR) is 73.3 cm³/mol. The molecule has 0 heterocycles. The highest BCUT2D eigenvalue weighted by atomic mass is 19.2. The van der Waals surface area contributed by atoms with Gasteiger partial charge in [0, 0.05) is 12.6 Å². The molecule has 21 heavy (non-hydrogen) atoms. The summed E-state index contributed by atoms with van der Waals surface area (Å²) < 4.78 is 40.1. The minimum absolute atomic E-state index is 0.0246. The van der Waals surface area contributed by atoms with Gasteiger partial charge in [0.1, 0.15) is 0 Å². The van der Waals surface area contributed by atoms with Gasteiger partial charge in [-0.2, -0.15) is 0 Å². The molecule has 1 aliphatic rings. The second kappa shape index (κ2) is 6.93. The summed E-state index contributed by atoms with van der Waals surface area (Å²) in [6, 6.07) is 1.80. The standard InChI is InChI=1S/C15H19F3N2O/c16-12-7-6-11(13(17)14(12)18)15(21)20(9-3-8-19)10-4-1-2-5-10/h6-7,10H,1-5,8-9,19H2. The number of hydrogen-bond donors (Lipinski definition) is 1. The topological polar surface area (TPSA) is 46.3 Å². The van der Waals surface area contributed by atoms with Crippen molar-refractivity contribution in [3.63, 3.8) is 0 Å². The van der Waals surface area contributed by atoms with Gasteiger partial charge in [-0.15, -0.1) is 0 Å². The number of halogens is 3. The highest BCUT2D eigenvalue weighted by Crippen LogP contribution is 2.26. The van der Waals surface area contributed by atoms with E-state index in [1.165, 1.54) is 0 Å². The Labute approximate surface area is 121 Å². The lowest BCUT2D eigenvalue weighted by atomic mass is 10.1. The fourth-order valence-electron chi connectivity index (χ4n) is 2.77. The lowest BCUT2D eigenvalue weighted by Gasteiger charge is -2.29. The molecule has 6 heteroatoms. The fraction of sp³-hybridized carbons (Fsp3) is 0.533. The van der Waals surface area contributed by atoms with Crippen molar-refractivity contribution in [3.05, 3.63) is 35.1 Å². The molecular weight excluding hydrogens is 281 g/mol. The summed E-state index contributed by atoms with van der Waals surface area (Å²) >= 11 is 0. The molecule has 1 amide bonds. The summed E-state index contributed by atoms with van der Waals surface area (Å²) in [4.78, 5) is 14.0. The molecule has 0 bridgehead atoms. The van der Waals surface area contributed by atoms with Crippen LogP contribution in [0, 0.1) is 17.5 Å². The Kier molecular flexibility index (Phi) is 5.22. The van der Waals surface area contributed by atoms with Crippen LogP contribution < -0.4 is 5.73 Å². The highest BCUT2D eigenvalue weighted by Gasteiger charge is 2.29. The number of hydrogen-bond acceptors (Lipinski definition) is 2. The molecule has 0 unspecified atom stereocenters. The van der Waals surface area contributed by atoms with Gasteiger partial charge < -0.3 is 10.6 Å². The second-order valence-corrected chi connectivity index (χ2v) is 5.30. The number of carbonyl (C=O) groups is 1. The molecule has 0 radical (unpaired) electrons. The van der Waals surface area contributed by atoms with Gasteiger partial charge in [0.15, 0.2) is 17.5 Å². The van der Waals surface area contributed by atoms with Crippen LogP contribution in [-0.4, -0.2) is 29.9 Å². The van der Waals surface area contributed by atoms with Gasteiger partial charge >= 0.3 is 0 Å². The third kappa shape index (κ3) is 3.37. The first-order chi connectivity index (χ1) is 10.1. The van der Waals surface area contributed by atoms with Crippen molar-refractivity contribution in [3.8, 4) is 0 Å². The normalized spacial score (nSPS) is 15.4. The summed E-state index contributed by atoms with van der Waals surface area (Å²) in [5.41, 5.74) is 5.05. The SMILES string of the molecule is NCCCN(C(=O)c1ccc(F)c(F)c1F)C1CCCC1. The summed E-state index contributed by atoms with van der Waals surface area (Å²) in [6.45, 7) is 0.815. The van der Waals surface area contributed by atoms with E-state index in [4.69, 9.17) is 5.73 Å². The molecule has 0 spiro atoms. The zero-order valence-electron chi connectivity index (χ0n) is 11.7. The Morgan fingerprint density at radius 2 is 1.86 bits per heavy atom. The first kappa shape index (κ1) is 15.8. The molecule has 116 valence electrons. The molecule has 0 atom stereocenters. The quantitative estimate of drug-likeness (QED) is 0.850. The van der Waals surface area contributed by atoms with E-state index < -0.39 is 28.9 Å². The van der Waals surface area contributed by atoms with Crippen molar-refractivity contribution in [1.29, 1.82) is 0 Å². The Bertz CT molecular complexity index is 516. The molecule has 0 saturated heterocycles. The van der Waals surface area contributed by atoms with Crippen molar-refractivity contribution in [2.24, 2.45) is 5.73 Å². The van der Waals surface area contributed by atoms with Gasteiger partial charge in [-0.25, -0.2) is 13.2 Å². The zero-order valence-corrected chi connectivity index (χ0v) is 11.7. The average molecular weight is 300 g/mol. The molecule has 0 aliphatic heterocycles. The predicted octanol–water partition coefficient (Wildman–Crippen LogP) is 2.84. The maximum absolute atomic E-state index is 13.8. The third-order valence-electron chi connectivity index (χ3n) is 3.90. The molecule has 2 rings (SSSR count). The van der Waals surface area contributed by atoms with E-state index in [9.17, 15) is 18.0 Å². The van der Waals surface area contributed by atoms with E-state index in [0.717, 1.165) is 37.8 Å². The van der Waals surface area contributed by atoms with E-state index >= 15 is 0 Å². The molecule has 1 aromatic carbocycles. The van der Waals surface area contributed by atoms with Crippen LogP contribution in [0.25, 0.3) is 0 Å². The van der Waals surface area contributed by atoms with E-state index in [2.05, 4.69) is 0 Å². The van der Waals surface area contributed by atoms with Crippen molar-refractivity contribution in [2.75, 3.05) is 13.1 Å². The molecule has 3 nitrogen and oxygen atoms in total. The Morgan fingerprint density at radius 3 is 2.48 bits per heavy atom. The summed E-state index contributed by atoms with van der Waals surface area (Å²) in [5.74, 6) is -4.91. The van der Waals surface area contributed by atoms with Crippen LogP contribution in [-0.2, 0) is 0 Å². The lowest BCUT2D eigenvalue weighted by molar-refractivity contribution is 0.0674. The molecular formula is C15H19F3N2O. The minimum Gasteiger partial charge on any atom is -0.336 e. The molecule has 1 aliphatic carbocycles. The van der Waals surface area contributed by atoms with Gasteiger partial charge in [-0.3, -0.25) is 4.79 Å². The molecule has 2 N–H and O–H groups in total. The van der Waals surface area contributed by atoms with Gasteiger partial charge in [0.2, 0.25) is 0 Å². The zero-order chi connectivity index (χ0) is 15.4. The summed E-state index contributed by atoms with van der Waals surface area (Å²) in [5, 5.41) is 0. The fourth-order valence-corrected chi connectivity index (χ4v) is 2.77. The van der Waals surface area contributed by atoms with Crippen LogP contribution in [0.15, 0.2) is 12.1 Å². The van der Waals surface area contributed by atoms with Crippen molar-refractivity contribution >= 4 is 5.91 Å². The van der Waals surface area contributed by atoms with Crippen LogP contribution >= 0.6 is 0 Å². The van der Waals surface area contributed by atoms with Crippen molar-refractivity contribution < 1.29 is 18.0 Å². The molecule has 0 aromatic heterocycles. The van der Waals surface area contributed by atoms with Gasteiger partial charge in [0.05, 0.1) is 5.56 Å². The number of amides is 1. The van der Waals surface area contributed by atoms with E-state index in [-0.39, 0.29) is 6.04 Å². The third-order valence-corrected chi connectivity index (χ3v) is 3.90. The number of nitrogens with zero attached hydrogens (tertiary/aromatic N) is 1. The number of rotatable bonds is 5. The highest BCUT2D eigenvalue weighted by molar-refractivity contribution is 5.94. The van der Waals surface area contributed by atoms with Crippen LogP contribution in [0.2, 0.25) is 0 Å². The first-order valence-electron chi connectivity index (χ1n) is 7.20. The lowest BCUT2D eigenvalue weighted by Crippen LogP contribution is -2.40. The second-order valence-electron chi connectivity index (χ2n) is 5.30. The van der Waals surface area contributed by atoms with Gasteiger partial charge in [-0.05, 0) is 37.9 Å². The van der Waals surface area contributed by atoms with E-state index in [1.54, 1.807) is 4.90 Å². The molecule has 1 saturated carbocycles. The first-order valence-corrected chi connectivity index (χ1v) is 7.20. The monoisotopic (exact) mass is 300 g/mol. The van der Waals surface area contributed by atoms with Gasteiger partial charge in [0.25, 0.3) is 5.91 Å². The molecule has 1 aromatic rings. The van der Waals surface area contributed by atoms with Gasteiger partial charge in [-0.1, -0.05) is 12.8 Å². The maximum Gasteiger partial charge on any atom is 0.257 e. The largest absolute Gasteiger partial charge is 0.336 e. The summed E-state index contributed by atoms with van der Waals surface area (Å²) in [7, 11) is 0. The average Bonchev–Trinajstić information content (AvgIpc) is 2.99.